The van der Waals surface area contributed by atoms with Crippen LogP contribution in [-0.4, -0.2) is 26.9 Å². The van der Waals surface area contributed by atoms with E-state index in [9.17, 15) is 28.6 Å². The number of nitrogens with zero attached hydrogens (tertiary/aromatic N) is 2. The number of phenolic OH excluding ortho intramolecular Hbond substituents is 1. The van der Waals surface area contributed by atoms with E-state index in [1.165, 1.54) is 36.4 Å². The Balaban J connectivity index is 1.75. The Morgan fingerprint density at radius 1 is 1.06 bits per heavy atom. The quantitative estimate of drug-likeness (QED) is 0.219. The van der Waals surface area contributed by atoms with Crippen molar-refractivity contribution < 1.29 is 28.6 Å². The largest absolute Gasteiger partial charge is 0.508 e. The molecule has 170 valence electrons. The first-order valence-electron chi connectivity index (χ1n) is 9.86. The summed E-state index contributed by atoms with van der Waals surface area (Å²) in [6.45, 7) is 0. The van der Waals surface area contributed by atoms with Gasteiger partial charge in [0, 0.05) is 16.7 Å². The van der Waals surface area contributed by atoms with Crippen molar-refractivity contribution in [3.05, 3.63) is 94.0 Å². The van der Waals surface area contributed by atoms with Gasteiger partial charge in [0.1, 0.15) is 22.8 Å². The second kappa shape index (κ2) is 8.19. The van der Waals surface area contributed by atoms with Crippen molar-refractivity contribution in [3.8, 4) is 5.75 Å². The van der Waals surface area contributed by atoms with Crippen LogP contribution in [0.15, 0.2) is 66.2 Å². The number of carbonyl (C=O) groups is 2. The maximum absolute atomic E-state index is 14.3. The molecule has 1 aliphatic heterocycles. The molecule has 0 saturated carbocycles. The molecule has 2 heterocycles. The van der Waals surface area contributed by atoms with Crippen molar-refractivity contribution in [1.82, 2.24) is 4.98 Å². The molecule has 1 unspecified atom stereocenters. The first-order valence-corrected chi connectivity index (χ1v) is 11.1. The van der Waals surface area contributed by atoms with Gasteiger partial charge in [0.05, 0.1) is 16.3 Å². The molecule has 1 fully saturated rings. The minimum Gasteiger partial charge on any atom is -0.508 e. The minimum atomic E-state index is -1.15. The molecule has 0 aliphatic carbocycles. The number of phenols is 1. The van der Waals surface area contributed by atoms with E-state index in [0.717, 1.165) is 22.3 Å². The highest BCUT2D eigenvalue weighted by Crippen LogP contribution is 2.45. The summed E-state index contributed by atoms with van der Waals surface area (Å²) in [5.41, 5.74) is 0.213. The smallest absolute Gasteiger partial charge is 0.301 e. The number of anilines is 1. The second-order valence-electron chi connectivity index (χ2n) is 7.50. The van der Waals surface area contributed by atoms with E-state index < -0.39 is 35.1 Å². The van der Waals surface area contributed by atoms with Crippen LogP contribution in [0.25, 0.3) is 16.0 Å². The van der Waals surface area contributed by atoms with Gasteiger partial charge in [-0.25, -0.2) is 13.8 Å². The molecule has 4 aromatic rings. The fraction of sp³-hybridized carbons (Fsp3) is 0.0417. The van der Waals surface area contributed by atoms with E-state index in [-0.39, 0.29) is 32.2 Å². The summed E-state index contributed by atoms with van der Waals surface area (Å²) in [5.74, 6) is -4.21. The zero-order valence-corrected chi connectivity index (χ0v) is 18.6. The van der Waals surface area contributed by atoms with Crippen LogP contribution in [0.1, 0.15) is 17.2 Å². The maximum Gasteiger partial charge on any atom is 0.301 e. The first kappa shape index (κ1) is 22.0. The van der Waals surface area contributed by atoms with Gasteiger partial charge >= 0.3 is 5.91 Å². The Morgan fingerprint density at radius 2 is 1.79 bits per heavy atom. The predicted molar refractivity (Wildman–Crippen MR) is 124 cm³/mol. The van der Waals surface area contributed by atoms with E-state index in [4.69, 9.17) is 11.6 Å². The van der Waals surface area contributed by atoms with Crippen molar-refractivity contribution >= 4 is 55.7 Å². The average Bonchev–Trinajstić information content (AvgIpc) is 3.33. The molecule has 1 aliphatic rings. The lowest BCUT2D eigenvalue weighted by molar-refractivity contribution is -0.132. The number of fused-ring (bicyclic) bond motifs is 1. The highest BCUT2D eigenvalue weighted by Gasteiger charge is 2.48. The molecular formula is C24H13ClF2N2O4S. The summed E-state index contributed by atoms with van der Waals surface area (Å²) in [6.07, 6.45) is 0. The standard InChI is InChI=1S/C24H13ClF2N2O4S/c25-13-3-1-2-12(8-13)21(31)18-20(11-4-6-15(30)7-5-11)29(23(33)22(18)32)24-28-19-16(27)9-14(26)10-17(19)34-24/h1-10,20,30-31H/b21-18+. The number of aromatic hydroxyl groups is 1. The van der Waals surface area contributed by atoms with Crippen LogP contribution in [0, 0.1) is 11.6 Å². The highest BCUT2D eigenvalue weighted by molar-refractivity contribution is 7.22. The van der Waals surface area contributed by atoms with Gasteiger partial charge in [0.2, 0.25) is 0 Å². The lowest BCUT2D eigenvalue weighted by atomic mass is 9.95. The molecule has 0 spiro atoms. The second-order valence-corrected chi connectivity index (χ2v) is 8.95. The third-order valence-electron chi connectivity index (χ3n) is 5.36. The molecule has 1 amide bonds. The van der Waals surface area contributed by atoms with Gasteiger partial charge < -0.3 is 10.2 Å². The molecule has 6 nitrogen and oxygen atoms in total. The van der Waals surface area contributed by atoms with Crippen molar-refractivity contribution in [2.24, 2.45) is 0 Å². The molecule has 0 bridgehead atoms. The number of hydrogen-bond acceptors (Lipinski definition) is 6. The summed E-state index contributed by atoms with van der Waals surface area (Å²) in [6, 6.07) is 12.4. The van der Waals surface area contributed by atoms with E-state index in [1.807, 2.05) is 0 Å². The van der Waals surface area contributed by atoms with Crippen LogP contribution in [0.4, 0.5) is 13.9 Å². The molecule has 2 N–H and O–H groups in total. The van der Waals surface area contributed by atoms with Crippen molar-refractivity contribution in [2.45, 2.75) is 6.04 Å². The number of hydrogen-bond donors (Lipinski definition) is 2. The number of aliphatic hydroxyl groups excluding tert-OH is 1. The number of benzene rings is 3. The Bertz CT molecular complexity index is 1520. The molecule has 1 atom stereocenters. The molecule has 10 heteroatoms. The Labute approximate surface area is 200 Å². The van der Waals surface area contributed by atoms with E-state index in [0.29, 0.717) is 16.7 Å². The number of thiazole rings is 1. The SMILES string of the molecule is O=C1C(=O)N(c2nc3c(F)cc(F)cc3s2)C(c2ccc(O)cc2)/C1=C(\O)c1cccc(Cl)c1. The first-order chi connectivity index (χ1) is 16.2. The van der Waals surface area contributed by atoms with Gasteiger partial charge in [-0.2, -0.15) is 0 Å². The van der Waals surface area contributed by atoms with E-state index in [2.05, 4.69) is 4.98 Å². The molecule has 5 rings (SSSR count). The molecule has 0 radical (unpaired) electrons. The third kappa shape index (κ3) is 3.59. The fourth-order valence-corrected chi connectivity index (χ4v) is 5.06. The average molecular weight is 499 g/mol. The topological polar surface area (TPSA) is 90.7 Å². The third-order valence-corrected chi connectivity index (χ3v) is 6.60. The Morgan fingerprint density at radius 3 is 2.50 bits per heavy atom. The van der Waals surface area contributed by atoms with E-state index in [1.54, 1.807) is 12.1 Å². The lowest BCUT2D eigenvalue weighted by Crippen LogP contribution is -2.29. The molecule has 1 aromatic heterocycles. The molecule has 3 aromatic carbocycles. The number of carbonyl (C=O) groups excluding carboxylic acids is 2. The number of amides is 1. The van der Waals surface area contributed by atoms with Crippen LogP contribution in [-0.2, 0) is 9.59 Å². The van der Waals surface area contributed by atoms with Crippen molar-refractivity contribution in [1.29, 1.82) is 0 Å². The number of halogens is 3. The van der Waals surface area contributed by atoms with Gasteiger partial charge in [-0.15, -0.1) is 0 Å². The fourth-order valence-electron chi connectivity index (χ4n) is 3.84. The van der Waals surface area contributed by atoms with Gasteiger partial charge in [-0.05, 0) is 35.9 Å². The van der Waals surface area contributed by atoms with Crippen molar-refractivity contribution in [2.75, 3.05) is 4.90 Å². The van der Waals surface area contributed by atoms with Crippen LogP contribution in [0.3, 0.4) is 0 Å². The summed E-state index contributed by atoms with van der Waals surface area (Å²) in [4.78, 5) is 31.5. The molecule has 1 saturated heterocycles. The molecule has 34 heavy (non-hydrogen) atoms. The number of ketones is 1. The highest BCUT2D eigenvalue weighted by atomic mass is 35.5. The normalized spacial score (nSPS) is 17.6. The van der Waals surface area contributed by atoms with Crippen LogP contribution < -0.4 is 4.90 Å². The zero-order valence-electron chi connectivity index (χ0n) is 17.0. The zero-order chi connectivity index (χ0) is 24.1. The van der Waals surface area contributed by atoms with Crippen LogP contribution in [0.2, 0.25) is 5.02 Å². The van der Waals surface area contributed by atoms with E-state index >= 15 is 0 Å². The lowest BCUT2D eigenvalue weighted by Gasteiger charge is -2.23. The number of aliphatic hydroxyl groups is 1. The number of aromatic nitrogens is 1. The molecular weight excluding hydrogens is 486 g/mol. The number of rotatable bonds is 3. The Hall–Kier alpha value is -3.82. The summed E-state index contributed by atoms with van der Waals surface area (Å²) in [5, 5.41) is 21.0. The van der Waals surface area contributed by atoms with Gasteiger partial charge in [0.25, 0.3) is 5.78 Å². The van der Waals surface area contributed by atoms with Crippen LogP contribution in [0.5, 0.6) is 5.75 Å². The van der Waals surface area contributed by atoms with Crippen LogP contribution >= 0.6 is 22.9 Å². The van der Waals surface area contributed by atoms with Gasteiger partial charge in [-0.3, -0.25) is 14.5 Å². The summed E-state index contributed by atoms with van der Waals surface area (Å²) >= 11 is 6.86. The Kier molecular flexibility index (Phi) is 5.30. The minimum absolute atomic E-state index is 0.0481. The summed E-state index contributed by atoms with van der Waals surface area (Å²) in [7, 11) is 0. The predicted octanol–water partition coefficient (Wildman–Crippen LogP) is 5.56. The maximum atomic E-state index is 14.3. The van der Waals surface area contributed by atoms with Crippen molar-refractivity contribution in [3.63, 3.8) is 0 Å². The summed E-state index contributed by atoms with van der Waals surface area (Å²) < 4.78 is 28.2. The number of Topliss-reactive ketones (excluding diaryl/α,β-unsaturated/α-hetero) is 1. The van der Waals surface area contributed by atoms with Gasteiger partial charge in [-0.1, -0.05) is 47.2 Å². The van der Waals surface area contributed by atoms with Gasteiger partial charge in [0.15, 0.2) is 10.9 Å². The monoisotopic (exact) mass is 498 g/mol.